The van der Waals surface area contributed by atoms with Gasteiger partial charge in [-0.05, 0) is 44.2 Å². The maximum atomic E-state index is 6.17. The van der Waals surface area contributed by atoms with Gasteiger partial charge in [-0.15, -0.1) is 0 Å². The van der Waals surface area contributed by atoms with Crippen LogP contribution in [0.5, 0.6) is 5.75 Å². The summed E-state index contributed by atoms with van der Waals surface area (Å²) < 4.78 is 6.17. The standard InChI is InChI=1S/C15H22BrNO/c1-3-12-5-4-6-13(9-12)18-15-8-7-11(2)17-14(15)10-16/h7-8,12-13H,3-6,9-10H2,1-2H3. The number of aromatic nitrogens is 1. The highest BCUT2D eigenvalue weighted by molar-refractivity contribution is 9.08. The first-order valence-corrected chi connectivity index (χ1v) is 8.04. The molecule has 1 fully saturated rings. The van der Waals surface area contributed by atoms with Crippen molar-refractivity contribution in [1.29, 1.82) is 0 Å². The summed E-state index contributed by atoms with van der Waals surface area (Å²) >= 11 is 3.49. The summed E-state index contributed by atoms with van der Waals surface area (Å²) in [6.45, 7) is 4.30. The average Bonchev–Trinajstić information content (AvgIpc) is 2.41. The summed E-state index contributed by atoms with van der Waals surface area (Å²) in [5.74, 6) is 1.80. The third kappa shape index (κ3) is 3.47. The van der Waals surface area contributed by atoms with Crippen LogP contribution in [-0.4, -0.2) is 11.1 Å². The van der Waals surface area contributed by atoms with Crippen LogP contribution < -0.4 is 4.74 Å². The fourth-order valence-corrected chi connectivity index (χ4v) is 3.10. The molecule has 0 spiro atoms. The zero-order valence-corrected chi connectivity index (χ0v) is 12.9. The summed E-state index contributed by atoms with van der Waals surface area (Å²) in [6.07, 6.45) is 6.71. The van der Waals surface area contributed by atoms with Crippen molar-refractivity contribution in [2.75, 3.05) is 0 Å². The molecule has 100 valence electrons. The van der Waals surface area contributed by atoms with E-state index in [1.54, 1.807) is 0 Å². The van der Waals surface area contributed by atoms with Gasteiger partial charge in [-0.25, -0.2) is 0 Å². The minimum absolute atomic E-state index is 0.381. The predicted octanol–water partition coefficient (Wildman–Crippen LogP) is 4.63. The van der Waals surface area contributed by atoms with E-state index in [0.29, 0.717) is 6.10 Å². The molecule has 2 nitrogen and oxygen atoms in total. The summed E-state index contributed by atoms with van der Waals surface area (Å²) in [4.78, 5) is 4.52. The quantitative estimate of drug-likeness (QED) is 0.756. The third-order valence-electron chi connectivity index (χ3n) is 3.80. The van der Waals surface area contributed by atoms with Gasteiger partial charge < -0.3 is 4.74 Å². The molecule has 2 rings (SSSR count). The molecule has 2 unspecified atom stereocenters. The van der Waals surface area contributed by atoms with E-state index in [9.17, 15) is 0 Å². The van der Waals surface area contributed by atoms with Crippen LogP contribution in [0.4, 0.5) is 0 Å². The first-order valence-electron chi connectivity index (χ1n) is 6.92. The number of pyridine rings is 1. The second-order valence-corrected chi connectivity index (χ2v) is 5.77. The molecule has 2 atom stereocenters. The maximum Gasteiger partial charge on any atom is 0.142 e. The van der Waals surface area contributed by atoms with Crippen LogP contribution in [0.15, 0.2) is 12.1 Å². The molecule has 0 radical (unpaired) electrons. The Morgan fingerprint density at radius 1 is 1.39 bits per heavy atom. The highest BCUT2D eigenvalue weighted by Crippen LogP contribution is 2.31. The van der Waals surface area contributed by atoms with Crippen molar-refractivity contribution in [3.8, 4) is 5.75 Å². The van der Waals surface area contributed by atoms with Crippen molar-refractivity contribution >= 4 is 15.9 Å². The number of ether oxygens (including phenoxy) is 1. The summed E-state index contributed by atoms with van der Waals surface area (Å²) in [6, 6.07) is 4.09. The normalized spacial score (nSPS) is 23.9. The predicted molar refractivity (Wildman–Crippen MR) is 78.3 cm³/mol. The van der Waals surface area contributed by atoms with Crippen LogP contribution in [0, 0.1) is 12.8 Å². The van der Waals surface area contributed by atoms with Crippen molar-refractivity contribution in [3.63, 3.8) is 0 Å². The molecule has 1 aliphatic carbocycles. The molecular formula is C15H22BrNO. The van der Waals surface area contributed by atoms with Gasteiger partial charge in [0.15, 0.2) is 0 Å². The fourth-order valence-electron chi connectivity index (χ4n) is 2.70. The molecule has 0 aliphatic heterocycles. The van der Waals surface area contributed by atoms with E-state index in [1.165, 1.54) is 32.1 Å². The lowest BCUT2D eigenvalue weighted by Gasteiger charge is -2.29. The summed E-state index contributed by atoms with van der Waals surface area (Å²) in [7, 11) is 0. The molecule has 0 N–H and O–H groups in total. The molecule has 0 amide bonds. The fraction of sp³-hybridized carbons (Fsp3) is 0.667. The van der Waals surface area contributed by atoms with Gasteiger partial charge in [-0.2, -0.15) is 0 Å². The van der Waals surface area contributed by atoms with Crippen molar-refractivity contribution < 1.29 is 4.74 Å². The molecule has 1 heterocycles. The Labute approximate surface area is 118 Å². The van der Waals surface area contributed by atoms with Crippen LogP contribution in [0.3, 0.4) is 0 Å². The van der Waals surface area contributed by atoms with Gasteiger partial charge in [-0.1, -0.05) is 35.7 Å². The lowest BCUT2D eigenvalue weighted by molar-refractivity contribution is 0.120. The van der Waals surface area contributed by atoms with E-state index < -0.39 is 0 Å². The van der Waals surface area contributed by atoms with Gasteiger partial charge in [0.2, 0.25) is 0 Å². The first kappa shape index (κ1) is 13.9. The molecule has 18 heavy (non-hydrogen) atoms. The van der Waals surface area contributed by atoms with E-state index in [0.717, 1.165) is 28.4 Å². The number of aryl methyl sites for hydroxylation is 1. The van der Waals surface area contributed by atoms with E-state index in [-0.39, 0.29) is 0 Å². The van der Waals surface area contributed by atoms with Gasteiger partial charge in [-0.3, -0.25) is 4.98 Å². The highest BCUT2D eigenvalue weighted by Gasteiger charge is 2.22. The highest BCUT2D eigenvalue weighted by atomic mass is 79.9. The van der Waals surface area contributed by atoms with Crippen LogP contribution in [0.25, 0.3) is 0 Å². The molecule has 0 saturated heterocycles. The third-order valence-corrected chi connectivity index (χ3v) is 4.34. The number of nitrogens with zero attached hydrogens (tertiary/aromatic N) is 1. The Morgan fingerprint density at radius 3 is 2.94 bits per heavy atom. The minimum atomic E-state index is 0.381. The van der Waals surface area contributed by atoms with Gasteiger partial charge in [0.25, 0.3) is 0 Å². The van der Waals surface area contributed by atoms with Gasteiger partial charge in [0.05, 0.1) is 11.8 Å². The van der Waals surface area contributed by atoms with Crippen molar-refractivity contribution in [2.45, 2.75) is 57.4 Å². The van der Waals surface area contributed by atoms with E-state index in [1.807, 2.05) is 13.0 Å². The Balaban J connectivity index is 2.04. The lowest BCUT2D eigenvalue weighted by atomic mass is 9.85. The lowest BCUT2D eigenvalue weighted by Crippen LogP contribution is -2.25. The molecule has 3 heteroatoms. The molecule has 1 aromatic rings. The molecule has 1 saturated carbocycles. The number of rotatable bonds is 4. The second-order valence-electron chi connectivity index (χ2n) is 5.21. The Hall–Kier alpha value is -0.570. The van der Waals surface area contributed by atoms with Crippen molar-refractivity contribution in [2.24, 2.45) is 5.92 Å². The molecule has 1 aromatic heterocycles. The average molecular weight is 312 g/mol. The Kier molecular flexibility index (Phi) is 5.04. The van der Waals surface area contributed by atoms with Crippen molar-refractivity contribution in [3.05, 3.63) is 23.5 Å². The van der Waals surface area contributed by atoms with Crippen LogP contribution in [-0.2, 0) is 5.33 Å². The Morgan fingerprint density at radius 2 is 2.22 bits per heavy atom. The van der Waals surface area contributed by atoms with Crippen LogP contribution >= 0.6 is 15.9 Å². The first-order chi connectivity index (χ1) is 8.72. The monoisotopic (exact) mass is 311 g/mol. The van der Waals surface area contributed by atoms with Gasteiger partial charge in [0.1, 0.15) is 5.75 Å². The largest absolute Gasteiger partial charge is 0.488 e. The summed E-state index contributed by atoms with van der Waals surface area (Å²) in [5, 5.41) is 0.758. The molecular weight excluding hydrogens is 290 g/mol. The van der Waals surface area contributed by atoms with Crippen LogP contribution in [0.1, 0.15) is 50.4 Å². The van der Waals surface area contributed by atoms with Crippen LogP contribution in [0.2, 0.25) is 0 Å². The molecule has 1 aliphatic rings. The second kappa shape index (κ2) is 6.55. The minimum Gasteiger partial charge on any atom is -0.488 e. The van der Waals surface area contributed by atoms with E-state index in [4.69, 9.17) is 4.74 Å². The van der Waals surface area contributed by atoms with E-state index >= 15 is 0 Å². The smallest absolute Gasteiger partial charge is 0.142 e. The maximum absolute atomic E-state index is 6.17. The molecule has 0 bridgehead atoms. The zero-order valence-electron chi connectivity index (χ0n) is 11.3. The summed E-state index contributed by atoms with van der Waals surface area (Å²) in [5.41, 5.74) is 2.07. The molecule has 0 aromatic carbocycles. The van der Waals surface area contributed by atoms with E-state index in [2.05, 4.69) is 33.9 Å². The SMILES string of the molecule is CCC1CCCC(Oc2ccc(C)nc2CBr)C1. The van der Waals surface area contributed by atoms with Gasteiger partial charge in [0, 0.05) is 11.0 Å². The number of alkyl halides is 1. The number of hydrogen-bond donors (Lipinski definition) is 0. The Bertz CT molecular complexity index is 394. The van der Waals surface area contributed by atoms with Gasteiger partial charge >= 0.3 is 0 Å². The topological polar surface area (TPSA) is 22.1 Å². The number of halogens is 1. The number of hydrogen-bond acceptors (Lipinski definition) is 2. The zero-order chi connectivity index (χ0) is 13.0. The van der Waals surface area contributed by atoms with Crippen molar-refractivity contribution in [1.82, 2.24) is 4.98 Å².